The summed E-state index contributed by atoms with van der Waals surface area (Å²) in [5.41, 5.74) is -0.805. The summed E-state index contributed by atoms with van der Waals surface area (Å²) < 4.78 is 31.8. The van der Waals surface area contributed by atoms with Gasteiger partial charge in [-0.1, -0.05) is 25.1 Å². The number of hydrogen-bond donors (Lipinski definition) is 1. The molecule has 2 aromatic rings. The number of nitrogens with one attached hydrogen (secondary N) is 1. The lowest BCUT2D eigenvalue weighted by molar-refractivity contribution is 0.0275. The van der Waals surface area contributed by atoms with Crippen LogP contribution in [0.3, 0.4) is 0 Å². The average molecular weight is 239 g/mol. The van der Waals surface area contributed by atoms with Gasteiger partial charge in [0, 0.05) is 5.39 Å². The molecule has 0 bridgehead atoms. The Labute approximate surface area is 98.6 Å². The SMILES string of the molecule is CCNC(C)(c1cc2ccccc2o1)C(F)F. The molecule has 0 aliphatic rings. The van der Waals surface area contributed by atoms with Gasteiger partial charge in [-0.25, -0.2) is 8.78 Å². The number of hydrogen-bond acceptors (Lipinski definition) is 2. The molecule has 1 atom stereocenters. The average Bonchev–Trinajstić information content (AvgIpc) is 2.72. The number of benzene rings is 1. The standard InChI is InChI=1S/C13H15F2NO/c1-3-16-13(2,12(14)15)11-8-9-6-4-5-7-10(9)17-11/h4-8,12,16H,3H2,1-2H3. The molecule has 0 fully saturated rings. The van der Waals surface area contributed by atoms with Crippen molar-refractivity contribution in [3.8, 4) is 0 Å². The summed E-state index contributed by atoms with van der Waals surface area (Å²) >= 11 is 0. The van der Waals surface area contributed by atoms with E-state index in [0.717, 1.165) is 5.39 Å². The van der Waals surface area contributed by atoms with Gasteiger partial charge in [0.2, 0.25) is 0 Å². The van der Waals surface area contributed by atoms with E-state index in [0.29, 0.717) is 12.1 Å². The first-order chi connectivity index (χ1) is 8.08. The number of rotatable bonds is 4. The van der Waals surface area contributed by atoms with E-state index in [1.165, 1.54) is 6.92 Å². The molecular weight excluding hydrogens is 224 g/mol. The number of fused-ring (bicyclic) bond motifs is 1. The summed E-state index contributed by atoms with van der Waals surface area (Å²) in [6.07, 6.45) is -2.52. The minimum absolute atomic E-state index is 0.274. The molecule has 0 radical (unpaired) electrons. The van der Waals surface area contributed by atoms with Crippen molar-refractivity contribution in [3.05, 3.63) is 36.1 Å². The third-order valence-corrected chi connectivity index (χ3v) is 2.92. The van der Waals surface area contributed by atoms with Gasteiger partial charge in [-0.05, 0) is 25.6 Å². The molecule has 0 saturated heterocycles. The molecule has 92 valence electrons. The van der Waals surface area contributed by atoms with E-state index in [1.54, 1.807) is 19.1 Å². The highest BCUT2D eigenvalue weighted by Gasteiger charge is 2.39. The number of para-hydroxylation sites is 1. The van der Waals surface area contributed by atoms with Crippen molar-refractivity contribution in [2.45, 2.75) is 25.8 Å². The van der Waals surface area contributed by atoms with Gasteiger partial charge < -0.3 is 9.73 Å². The monoisotopic (exact) mass is 239 g/mol. The molecule has 1 aromatic heterocycles. The minimum Gasteiger partial charge on any atom is -0.459 e. The van der Waals surface area contributed by atoms with Gasteiger partial charge >= 0.3 is 0 Å². The Morgan fingerprint density at radius 1 is 1.35 bits per heavy atom. The highest BCUT2D eigenvalue weighted by molar-refractivity contribution is 5.78. The van der Waals surface area contributed by atoms with Crippen molar-refractivity contribution in [1.82, 2.24) is 5.32 Å². The maximum Gasteiger partial charge on any atom is 0.263 e. The predicted molar refractivity (Wildman–Crippen MR) is 63.2 cm³/mol. The van der Waals surface area contributed by atoms with Crippen molar-refractivity contribution in [1.29, 1.82) is 0 Å². The molecule has 2 rings (SSSR count). The maximum atomic E-state index is 13.2. The largest absolute Gasteiger partial charge is 0.459 e. The molecule has 0 spiro atoms. The lowest BCUT2D eigenvalue weighted by atomic mass is 9.99. The van der Waals surface area contributed by atoms with Crippen LogP contribution < -0.4 is 5.32 Å². The zero-order chi connectivity index (χ0) is 12.5. The topological polar surface area (TPSA) is 25.2 Å². The first-order valence-electron chi connectivity index (χ1n) is 5.60. The van der Waals surface area contributed by atoms with Crippen LogP contribution in [0.2, 0.25) is 0 Å². The summed E-state index contributed by atoms with van der Waals surface area (Å²) in [7, 11) is 0. The lowest BCUT2D eigenvalue weighted by Gasteiger charge is -2.27. The number of furan rings is 1. The smallest absolute Gasteiger partial charge is 0.263 e. The second-order valence-electron chi connectivity index (χ2n) is 4.18. The van der Waals surface area contributed by atoms with Gasteiger partial charge in [-0.2, -0.15) is 0 Å². The molecule has 0 saturated carbocycles. The van der Waals surface area contributed by atoms with E-state index in [1.807, 2.05) is 18.2 Å². The molecule has 0 amide bonds. The number of halogens is 2. The van der Waals surface area contributed by atoms with Gasteiger partial charge in [0.1, 0.15) is 16.9 Å². The van der Waals surface area contributed by atoms with E-state index in [-0.39, 0.29) is 5.76 Å². The van der Waals surface area contributed by atoms with Gasteiger partial charge in [-0.15, -0.1) is 0 Å². The molecule has 1 heterocycles. The van der Waals surface area contributed by atoms with Crippen LogP contribution in [0.1, 0.15) is 19.6 Å². The molecule has 1 N–H and O–H groups in total. The van der Waals surface area contributed by atoms with E-state index < -0.39 is 12.0 Å². The summed E-state index contributed by atoms with van der Waals surface area (Å²) in [6.45, 7) is 3.71. The van der Waals surface area contributed by atoms with Crippen LogP contribution >= 0.6 is 0 Å². The Bertz CT molecular complexity index is 476. The minimum atomic E-state index is -2.52. The van der Waals surface area contributed by atoms with Crippen molar-refractivity contribution in [2.24, 2.45) is 0 Å². The predicted octanol–water partition coefficient (Wildman–Crippen LogP) is 3.52. The van der Waals surface area contributed by atoms with E-state index in [9.17, 15) is 8.78 Å². The molecule has 17 heavy (non-hydrogen) atoms. The number of alkyl halides is 2. The molecule has 0 aliphatic carbocycles. The van der Waals surface area contributed by atoms with Crippen LogP contribution in [-0.2, 0) is 5.54 Å². The second kappa shape index (κ2) is 4.45. The van der Waals surface area contributed by atoms with Crippen LogP contribution in [0.4, 0.5) is 8.78 Å². The van der Waals surface area contributed by atoms with E-state index in [2.05, 4.69) is 5.32 Å². The quantitative estimate of drug-likeness (QED) is 0.883. The van der Waals surface area contributed by atoms with Gasteiger partial charge in [0.25, 0.3) is 6.43 Å². The summed E-state index contributed by atoms with van der Waals surface area (Å²) in [6, 6.07) is 8.97. The van der Waals surface area contributed by atoms with Gasteiger partial charge in [0.15, 0.2) is 0 Å². The maximum absolute atomic E-state index is 13.2. The van der Waals surface area contributed by atoms with Crippen molar-refractivity contribution in [2.75, 3.05) is 6.54 Å². The highest BCUT2D eigenvalue weighted by atomic mass is 19.3. The fraction of sp³-hybridized carbons (Fsp3) is 0.385. The zero-order valence-corrected chi connectivity index (χ0v) is 9.84. The van der Waals surface area contributed by atoms with Gasteiger partial charge in [-0.3, -0.25) is 0 Å². The highest BCUT2D eigenvalue weighted by Crippen LogP contribution is 2.32. The first kappa shape index (κ1) is 12.0. The fourth-order valence-corrected chi connectivity index (χ4v) is 1.88. The summed E-state index contributed by atoms with van der Waals surface area (Å²) in [4.78, 5) is 0. The van der Waals surface area contributed by atoms with Gasteiger partial charge in [0.05, 0.1) is 0 Å². The van der Waals surface area contributed by atoms with Crippen LogP contribution in [0.5, 0.6) is 0 Å². The molecule has 2 nitrogen and oxygen atoms in total. The Morgan fingerprint density at radius 2 is 2.06 bits per heavy atom. The molecule has 4 heteroatoms. The van der Waals surface area contributed by atoms with Crippen LogP contribution in [0.15, 0.2) is 34.7 Å². The van der Waals surface area contributed by atoms with Crippen LogP contribution in [0.25, 0.3) is 11.0 Å². The van der Waals surface area contributed by atoms with Crippen molar-refractivity contribution < 1.29 is 13.2 Å². The van der Waals surface area contributed by atoms with Crippen LogP contribution in [-0.4, -0.2) is 13.0 Å². The Kier molecular flexibility index (Phi) is 3.15. The molecule has 1 aromatic carbocycles. The molecule has 1 unspecified atom stereocenters. The summed E-state index contributed by atoms with van der Waals surface area (Å²) in [5, 5.41) is 3.63. The Hall–Kier alpha value is -1.42. The van der Waals surface area contributed by atoms with Crippen LogP contribution in [0, 0.1) is 0 Å². The summed E-state index contributed by atoms with van der Waals surface area (Å²) in [5.74, 6) is 0.274. The first-order valence-corrected chi connectivity index (χ1v) is 5.60. The Morgan fingerprint density at radius 3 is 2.65 bits per heavy atom. The normalized spacial score (nSPS) is 15.4. The van der Waals surface area contributed by atoms with Crippen molar-refractivity contribution >= 4 is 11.0 Å². The Balaban J connectivity index is 2.49. The third kappa shape index (κ3) is 2.05. The fourth-order valence-electron chi connectivity index (χ4n) is 1.88. The third-order valence-electron chi connectivity index (χ3n) is 2.92. The molecule has 0 aliphatic heterocycles. The van der Waals surface area contributed by atoms with E-state index >= 15 is 0 Å². The lowest BCUT2D eigenvalue weighted by Crippen LogP contribution is -2.45. The zero-order valence-electron chi connectivity index (χ0n) is 9.84. The second-order valence-corrected chi connectivity index (χ2v) is 4.18. The molecular formula is C13H15F2NO. The van der Waals surface area contributed by atoms with Crippen molar-refractivity contribution in [3.63, 3.8) is 0 Å². The van der Waals surface area contributed by atoms with E-state index in [4.69, 9.17) is 4.42 Å².